The quantitative estimate of drug-likeness (QED) is 0.810. The summed E-state index contributed by atoms with van der Waals surface area (Å²) in [6.45, 7) is 0.648. The van der Waals surface area contributed by atoms with E-state index in [9.17, 15) is 9.18 Å². The molecule has 3 rings (SSSR count). The van der Waals surface area contributed by atoms with Crippen molar-refractivity contribution >= 4 is 11.7 Å². The van der Waals surface area contributed by atoms with Gasteiger partial charge in [0.05, 0.1) is 11.6 Å². The van der Waals surface area contributed by atoms with Gasteiger partial charge in [-0.2, -0.15) is 0 Å². The molecule has 1 fully saturated rings. The van der Waals surface area contributed by atoms with Gasteiger partial charge in [0, 0.05) is 12.6 Å². The number of para-hydroxylation sites is 1. The van der Waals surface area contributed by atoms with E-state index in [0.29, 0.717) is 18.7 Å². The molecule has 2 unspecified atom stereocenters. The molecule has 2 atom stereocenters. The van der Waals surface area contributed by atoms with Crippen LogP contribution in [0, 0.1) is 11.7 Å². The summed E-state index contributed by atoms with van der Waals surface area (Å²) in [5.41, 5.74) is 1.64. The van der Waals surface area contributed by atoms with Crippen LogP contribution >= 0.6 is 0 Å². The van der Waals surface area contributed by atoms with Crippen molar-refractivity contribution in [2.75, 3.05) is 11.4 Å². The summed E-state index contributed by atoms with van der Waals surface area (Å²) < 4.78 is 13.8. The SMILES string of the molecule is O=C(O)C1CCN2c3c(F)cccc3CCC12. The van der Waals surface area contributed by atoms with Crippen LogP contribution in [0.3, 0.4) is 0 Å². The Labute approximate surface area is 98.9 Å². The lowest BCUT2D eigenvalue weighted by atomic mass is 9.90. The number of nitrogens with zero attached hydrogens (tertiary/aromatic N) is 1. The maximum absolute atomic E-state index is 13.8. The minimum absolute atomic E-state index is 0.0306. The number of carbonyl (C=O) groups is 1. The number of aryl methyl sites for hydroxylation is 1. The van der Waals surface area contributed by atoms with E-state index in [1.165, 1.54) is 6.07 Å². The Kier molecular flexibility index (Phi) is 2.31. The van der Waals surface area contributed by atoms with Crippen molar-refractivity contribution in [3.05, 3.63) is 29.6 Å². The van der Waals surface area contributed by atoms with Gasteiger partial charge in [0.15, 0.2) is 0 Å². The molecule has 3 nitrogen and oxygen atoms in total. The minimum atomic E-state index is -0.753. The van der Waals surface area contributed by atoms with E-state index in [1.54, 1.807) is 6.07 Å². The lowest BCUT2D eigenvalue weighted by Crippen LogP contribution is -2.39. The fourth-order valence-corrected chi connectivity index (χ4v) is 3.16. The van der Waals surface area contributed by atoms with Gasteiger partial charge in [-0.3, -0.25) is 4.79 Å². The van der Waals surface area contributed by atoms with Crippen molar-refractivity contribution in [2.45, 2.75) is 25.3 Å². The monoisotopic (exact) mass is 235 g/mol. The molecule has 1 aromatic carbocycles. The Morgan fingerprint density at radius 1 is 1.41 bits per heavy atom. The molecule has 2 aliphatic rings. The maximum atomic E-state index is 13.8. The molecule has 17 heavy (non-hydrogen) atoms. The normalized spacial score (nSPS) is 26.5. The molecule has 2 heterocycles. The molecule has 0 radical (unpaired) electrons. The highest BCUT2D eigenvalue weighted by Crippen LogP contribution is 2.40. The van der Waals surface area contributed by atoms with E-state index in [0.717, 1.165) is 18.4 Å². The number of aliphatic carboxylic acids is 1. The number of hydrogen-bond donors (Lipinski definition) is 1. The van der Waals surface area contributed by atoms with E-state index < -0.39 is 5.97 Å². The number of benzene rings is 1. The largest absolute Gasteiger partial charge is 0.481 e. The van der Waals surface area contributed by atoms with Gasteiger partial charge in [-0.15, -0.1) is 0 Å². The molecule has 1 saturated heterocycles. The van der Waals surface area contributed by atoms with Crippen LogP contribution in [0.1, 0.15) is 18.4 Å². The first-order valence-electron chi connectivity index (χ1n) is 5.95. The van der Waals surface area contributed by atoms with Gasteiger partial charge in [-0.25, -0.2) is 4.39 Å². The van der Waals surface area contributed by atoms with Gasteiger partial charge in [-0.05, 0) is 30.9 Å². The average Bonchev–Trinajstić information content (AvgIpc) is 2.72. The molecule has 2 aliphatic heterocycles. The van der Waals surface area contributed by atoms with Crippen molar-refractivity contribution in [3.63, 3.8) is 0 Å². The number of anilines is 1. The van der Waals surface area contributed by atoms with Crippen molar-refractivity contribution in [3.8, 4) is 0 Å². The lowest BCUT2D eigenvalue weighted by Gasteiger charge is -2.35. The highest BCUT2D eigenvalue weighted by molar-refractivity contribution is 5.74. The van der Waals surface area contributed by atoms with E-state index >= 15 is 0 Å². The topological polar surface area (TPSA) is 40.5 Å². The fraction of sp³-hybridized carbons (Fsp3) is 0.462. The zero-order valence-corrected chi connectivity index (χ0v) is 9.40. The molecule has 0 spiro atoms. The van der Waals surface area contributed by atoms with Crippen LogP contribution in [0.25, 0.3) is 0 Å². The summed E-state index contributed by atoms with van der Waals surface area (Å²) in [4.78, 5) is 13.1. The molecule has 0 aliphatic carbocycles. The fourth-order valence-electron chi connectivity index (χ4n) is 3.16. The zero-order valence-electron chi connectivity index (χ0n) is 9.40. The molecule has 90 valence electrons. The number of halogens is 1. The third kappa shape index (κ3) is 1.51. The molecule has 4 heteroatoms. The summed E-state index contributed by atoms with van der Waals surface area (Å²) in [5.74, 6) is -1.32. The third-order valence-corrected chi connectivity index (χ3v) is 3.93. The van der Waals surface area contributed by atoms with E-state index in [-0.39, 0.29) is 17.8 Å². The smallest absolute Gasteiger partial charge is 0.308 e. The van der Waals surface area contributed by atoms with Crippen molar-refractivity contribution in [2.24, 2.45) is 5.92 Å². The van der Waals surface area contributed by atoms with Gasteiger partial charge in [0.25, 0.3) is 0 Å². The zero-order chi connectivity index (χ0) is 12.0. The van der Waals surface area contributed by atoms with Crippen LogP contribution in [0.2, 0.25) is 0 Å². The Morgan fingerprint density at radius 3 is 3.00 bits per heavy atom. The summed E-state index contributed by atoms with van der Waals surface area (Å²) in [5, 5.41) is 9.15. The Hall–Kier alpha value is -1.58. The molecular formula is C13H14FNO2. The van der Waals surface area contributed by atoms with E-state index in [2.05, 4.69) is 0 Å². The van der Waals surface area contributed by atoms with Gasteiger partial charge >= 0.3 is 5.97 Å². The first-order valence-corrected chi connectivity index (χ1v) is 5.95. The van der Waals surface area contributed by atoms with Crippen molar-refractivity contribution < 1.29 is 14.3 Å². The molecule has 0 amide bonds. The van der Waals surface area contributed by atoms with E-state index in [1.807, 2.05) is 11.0 Å². The number of rotatable bonds is 1. The van der Waals surface area contributed by atoms with Gasteiger partial charge in [0.2, 0.25) is 0 Å². The highest BCUT2D eigenvalue weighted by atomic mass is 19.1. The average molecular weight is 235 g/mol. The van der Waals surface area contributed by atoms with Crippen LogP contribution in [-0.2, 0) is 11.2 Å². The van der Waals surface area contributed by atoms with Crippen LogP contribution in [0.4, 0.5) is 10.1 Å². The first-order chi connectivity index (χ1) is 8.18. The Bertz CT molecular complexity index is 474. The number of carboxylic acid groups (broad SMARTS) is 1. The molecule has 0 aromatic heterocycles. The molecular weight excluding hydrogens is 221 g/mol. The lowest BCUT2D eigenvalue weighted by molar-refractivity contribution is -0.141. The number of carboxylic acids is 1. The summed E-state index contributed by atoms with van der Waals surface area (Å²) in [7, 11) is 0. The van der Waals surface area contributed by atoms with Crippen molar-refractivity contribution in [1.82, 2.24) is 0 Å². The molecule has 1 N–H and O–H groups in total. The molecule has 0 bridgehead atoms. The van der Waals surface area contributed by atoms with Crippen LogP contribution in [0.15, 0.2) is 18.2 Å². The summed E-state index contributed by atoms with van der Waals surface area (Å²) >= 11 is 0. The maximum Gasteiger partial charge on any atom is 0.308 e. The Balaban J connectivity index is 2.01. The van der Waals surface area contributed by atoms with E-state index in [4.69, 9.17) is 5.11 Å². The van der Waals surface area contributed by atoms with Crippen molar-refractivity contribution in [1.29, 1.82) is 0 Å². The van der Waals surface area contributed by atoms with Gasteiger partial charge in [0.1, 0.15) is 5.82 Å². The van der Waals surface area contributed by atoms with Gasteiger partial charge < -0.3 is 10.0 Å². The minimum Gasteiger partial charge on any atom is -0.481 e. The second kappa shape index (κ2) is 3.72. The van der Waals surface area contributed by atoms with Crippen LogP contribution in [0.5, 0.6) is 0 Å². The second-order valence-corrected chi connectivity index (χ2v) is 4.78. The highest BCUT2D eigenvalue weighted by Gasteiger charge is 2.42. The Morgan fingerprint density at radius 2 is 2.24 bits per heavy atom. The van der Waals surface area contributed by atoms with Crippen LogP contribution < -0.4 is 4.90 Å². The van der Waals surface area contributed by atoms with Gasteiger partial charge in [-0.1, -0.05) is 12.1 Å². The number of fused-ring (bicyclic) bond motifs is 3. The standard InChI is InChI=1S/C13H14FNO2/c14-10-3-1-2-8-4-5-11-9(13(16)17)6-7-15(11)12(8)10/h1-3,9,11H,4-7H2,(H,16,17). The predicted molar refractivity (Wildman–Crippen MR) is 61.6 cm³/mol. The number of hydrogen-bond acceptors (Lipinski definition) is 2. The summed E-state index contributed by atoms with van der Waals surface area (Å²) in [6.07, 6.45) is 2.21. The first kappa shape index (κ1) is 10.6. The third-order valence-electron chi connectivity index (χ3n) is 3.93. The predicted octanol–water partition coefficient (Wildman–Crippen LogP) is 2.05. The summed E-state index contributed by atoms with van der Waals surface area (Å²) in [6, 6.07) is 5.08. The molecule has 1 aromatic rings. The van der Waals surface area contributed by atoms with Crippen LogP contribution in [-0.4, -0.2) is 23.7 Å². The second-order valence-electron chi connectivity index (χ2n) is 4.78. The molecule has 0 saturated carbocycles.